The molecule has 0 aromatic heterocycles. The molecule has 0 bridgehead atoms. The van der Waals surface area contributed by atoms with Crippen molar-refractivity contribution in [2.24, 2.45) is 17.1 Å². The maximum absolute atomic E-state index is 6.50. The zero-order chi connectivity index (χ0) is 15.5. The lowest BCUT2D eigenvalue weighted by Crippen LogP contribution is -2.49. The van der Waals surface area contributed by atoms with Crippen LogP contribution in [-0.4, -0.2) is 31.6 Å². The summed E-state index contributed by atoms with van der Waals surface area (Å²) in [7, 11) is 3.90. The molecule has 0 radical (unpaired) electrons. The van der Waals surface area contributed by atoms with E-state index in [1.165, 1.54) is 24.8 Å². The summed E-state index contributed by atoms with van der Waals surface area (Å²) >= 11 is 0. The van der Waals surface area contributed by atoms with Crippen LogP contribution in [-0.2, 0) is 6.54 Å². The van der Waals surface area contributed by atoms with Gasteiger partial charge in [-0.2, -0.15) is 0 Å². The number of ether oxygens (including phenoxy) is 1. The first-order valence-corrected chi connectivity index (χ1v) is 7.99. The van der Waals surface area contributed by atoms with Gasteiger partial charge in [0.15, 0.2) is 0 Å². The van der Waals surface area contributed by atoms with Crippen molar-refractivity contribution in [2.45, 2.75) is 45.7 Å². The maximum Gasteiger partial charge on any atom is 0.119 e. The molecule has 3 nitrogen and oxygen atoms in total. The lowest BCUT2D eigenvalue weighted by atomic mass is 9.68. The van der Waals surface area contributed by atoms with Gasteiger partial charge in [0.2, 0.25) is 0 Å². The quantitative estimate of drug-likeness (QED) is 0.904. The fraction of sp³-hybridized carbons (Fsp3) is 0.667. The summed E-state index contributed by atoms with van der Waals surface area (Å²) in [6, 6.07) is 8.62. The molecule has 1 saturated carbocycles. The van der Waals surface area contributed by atoms with E-state index in [-0.39, 0.29) is 5.41 Å². The number of hydrogen-bond acceptors (Lipinski definition) is 3. The minimum Gasteiger partial charge on any atom is -0.497 e. The predicted molar refractivity (Wildman–Crippen MR) is 88.4 cm³/mol. The van der Waals surface area contributed by atoms with Gasteiger partial charge < -0.3 is 15.4 Å². The highest BCUT2D eigenvalue weighted by Crippen LogP contribution is 2.38. The normalized spacial score (nSPS) is 25.0. The topological polar surface area (TPSA) is 38.5 Å². The van der Waals surface area contributed by atoms with Crippen LogP contribution in [0.5, 0.6) is 5.75 Å². The number of nitrogens with zero attached hydrogens (tertiary/aromatic N) is 1. The predicted octanol–water partition coefficient (Wildman–Crippen LogP) is 3.28. The van der Waals surface area contributed by atoms with Crippen molar-refractivity contribution in [2.75, 3.05) is 20.7 Å². The van der Waals surface area contributed by atoms with Crippen molar-refractivity contribution < 1.29 is 4.74 Å². The third kappa shape index (κ3) is 4.21. The fourth-order valence-electron chi connectivity index (χ4n) is 3.56. The lowest BCUT2D eigenvalue weighted by molar-refractivity contribution is 0.109. The second-order valence-electron chi connectivity index (χ2n) is 7.21. The van der Waals surface area contributed by atoms with E-state index in [1.54, 1.807) is 7.11 Å². The first-order chi connectivity index (χ1) is 9.92. The third-order valence-corrected chi connectivity index (χ3v) is 4.94. The molecule has 118 valence electrons. The van der Waals surface area contributed by atoms with Gasteiger partial charge in [-0.1, -0.05) is 32.4 Å². The Morgan fingerprint density at radius 3 is 2.86 bits per heavy atom. The number of nitrogens with two attached hydrogens (primary N) is 1. The summed E-state index contributed by atoms with van der Waals surface area (Å²) in [5.74, 6) is 1.53. The maximum atomic E-state index is 6.50. The van der Waals surface area contributed by atoms with E-state index in [4.69, 9.17) is 10.5 Å². The molecule has 1 aliphatic rings. The minimum atomic E-state index is 0.278. The summed E-state index contributed by atoms with van der Waals surface area (Å²) in [6.07, 6.45) is 3.82. The highest BCUT2D eigenvalue weighted by molar-refractivity contribution is 5.28. The van der Waals surface area contributed by atoms with Crippen LogP contribution >= 0.6 is 0 Å². The van der Waals surface area contributed by atoms with E-state index in [0.717, 1.165) is 18.8 Å². The van der Waals surface area contributed by atoms with Crippen molar-refractivity contribution in [3.8, 4) is 5.75 Å². The monoisotopic (exact) mass is 290 g/mol. The van der Waals surface area contributed by atoms with E-state index in [2.05, 4.69) is 44.0 Å². The second kappa shape index (κ2) is 6.80. The minimum absolute atomic E-state index is 0.278. The molecule has 0 amide bonds. The molecule has 1 aliphatic carbocycles. The second-order valence-corrected chi connectivity index (χ2v) is 7.21. The average molecular weight is 290 g/mol. The molecule has 21 heavy (non-hydrogen) atoms. The van der Waals surface area contributed by atoms with Crippen molar-refractivity contribution in [1.82, 2.24) is 4.90 Å². The molecular formula is C18H30N2O. The Kier molecular flexibility index (Phi) is 5.28. The molecule has 2 rings (SSSR count). The Morgan fingerprint density at radius 2 is 2.14 bits per heavy atom. The number of rotatable bonds is 5. The van der Waals surface area contributed by atoms with Crippen molar-refractivity contribution in [3.63, 3.8) is 0 Å². The first-order valence-electron chi connectivity index (χ1n) is 7.99. The number of methoxy groups -OCH3 is 1. The van der Waals surface area contributed by atoms with Gasteiger partial charge in [-0.15, -0.1) is 0 Å². The van der Waals surface area contributed by atoms with E-state index >= 15 is 0 Å². The Labute approximate surface area is 129 Å². The third-order valence-electron chi connectivity index (χ3n) is 4.94. The molecule has 2 unspecified atom stereocenters. The molecule has 1 aromatic rings. The van der Waals surface area contributed by atoms with Gasteiger partial charge in [0.25, 0.3) is 0 Å². The van der Waals surface area contributed by atoms with Crippen LogP contribution in [0.3, 0.4) is 0 Å². The van der Waals surface area contributed by atoms with Gasteiger partial charge in [0, 0.05) is 19.1 Å². The number of hydrogen-bond donors (Lipinski definition) is 1. The Bertz CT molecular complexity index is 458. The Hall–Kier alpha value is -1.06. The summed E-state index contributed by atoms with van der Waals surface area (Å²) in [5.41, 5.74) is 8.07. The van der Waals surface area contributed by atoms with Crippen LogP contribution in [0.2, 0.25) is 0 Å². The Morgan fingerprint density at radius 1 is 1.38 bits per heavy atom. The lowest BCUT2D eigenvalue weighted by Gasteiger charge is -2.43. The van der Waals surface area contributed by atoms with Crippen molar-refractivity contribution >= 4 is 0 Å². The molecule has 1 aromatic carbocycles. The average Bonchev–Trinajstić information content (AvgIpc) is 2.44. The highest BCUT2D eigenvalue weighted by atomic mass is 16.5. The van der Waals surface area contributed by atoms with Gasteiger partial charge in [0.05, 0.1) is 7.11 Å². The van der Waals surface area contributed by atoms with Gasteiger partial charge in [-0.05, 0) is 48.9 Å². The van der Waals surface area contributed by atoms with Crippen LogP contribution in [0, 0.1) is 11.3 Å². The van der Waals surface area contributed by atoms with E-state index in [9.17, 15) is 0 Å². The van der Waals surface area contributed by atoms with Crippen molar-refractivity contribution in [3.05, 3.63) is 29.8 Å². The summed E-state index contributed by atoms with van der Waals surface area (Å²) < 4.78 is 5.29. The Balaban J connectivity index is 1.93. The highest BCUT2D eigenvalue weighted by Gasteiger charge is 2.36. The molecule has 0 spiro atoms. The largest absolute Gasteiger partial charge is 0.497 e. The van der Waals surface area contributed by atoms with Crippen LogP contribution in [0.15, 0.2) is 24.3 Å². The molecule has 3 heteroatoms. The molecule has 2 N–H and O–H groups in total. The molecular weight excluding hydrogens is 260 g/mol. The zero-order valence-corrected chi connectivity index (χ0v) is 13.9. The van der Waals surface area contributed by atoms with Crippen molar-refractivity contribution in [1.29, 1.82) is 0 Å². The molecule has 0 heterocycles. The SMILES string of the molecule is COc1cccc(CN(C)CC2CCCC(C)(C)C2N)c1. The van der Waals surface area contributed by atoms with E-state index < -0.39 is 0 Å². The van der Waals surface area contributed by atoms with Gasteiger partial charge in [-0.25, -0.2) is 0 Å². The van der Waals surface area contributed by atoms with Gasteiger partial charge >= 0.3 is 0 Å². The molecule has 2 atom stereocenters. The zero-order valence-electron chi connectivity index (χ0n) is 13.9. The van der Waals surface area contributed by atoms with Crippen LogP contribution in [0.25, 0.3) is 0 Å². The van der Waals surface area contributed by atoms with Crippen LogP contribution < -0.4 is 10.5 Å². The standard InChI is InChI=1S/C18H30N2O/c1-18(2)10-6-8-15(17(18)19)13-20(3)12-14-7-5-9-16(11-14)21-4/h5,7,9,11,15,17H,6,8,10,12-13,19H2,1-4H3. The summed E-state index contributed by atoms with van der Waals surface area (Å²) in [6.45, 7) is 6.64. The van der Waals surface area contributed by atoms with Gasteiger partial charge in [-0.3, -0.25) is 0 Å². The van der Waals surface area contributed by atoms with Crippen LogP contribution in [0.4, 0.5) is 0 Å². The smallest absolute Gasteiger partial charge is 0.119 e. The summed E-state index contributed by atoms with van der Waals surface area (Å²) in [5, 5.41) is 0. The first kappa shape index (κ1) is 16.3. The molecule has 0 aliphatic heterocycles. The number of benzene rings is 1. The molecule has 0 saturated heterocycles. The fourth-order valence-corrected chi connectivity index (χ4v) is 3.56. The van der Waals surface area contributed by atoms with Gasteiger partial charge in [0.1, 0.15) is 5.75 Å². The van der Waals surface area contributed by atoms with E-state index in [1.807, 2.05) is 6.07 Å². The van der Waals surface area contributed by atoms with E-state index in [0.29, 0.717) is 12.0 Å². The summed E-state index contributed by atoms with van der Waals surface area (Å²) in [4.78, 5) is 2.39. The molecule has 1 fully saturated rings. The van der Waals surface area contributed by atoms with Crippen LogP contribution in [0.1, 0.15) is 38.7 Å².